The molecule has 0 saturated carbocycles. The van der Waals surface area contributed by atoms with Crippen molar-refractivity contribution in [1.82, 2.24) is 20.1 Å². The summed E-state index contributed by atoms with van der Waals surface area (Å²) in [5.41, 5.74) is 2.08. The van der Waals surface area contributed by atoms with E-state index < -0.39 is 0 Å². The molecule has 0 bridgehead atoms. The number of amides is 1. The fourth-order valence-corrected chi connectivity index (χ4v) is 4.97. The predicted molar refractivity (Wildman–Crippen MR) is 120 cm³/mol. The van der Waals surface area contributed by atoms with Crippen LogP contribution in [0.1, 0.15) is 34.2 Å². The third-order valence-electron chi connectivity index (χ3n) is 5.58. The molecular weight excluding hydrogens is 427 g/mol. The van der Waals surface area contributed by atoms with Gasteiger partial charge in [0.15, 0.2) is 0 Å². The van der Waals surface area contributed by atoms with Gasteiger partial charge in [-0.3, -0.25) is 4.79 Å². The van der Waals surface area contributed by atoms with Gasteiger partial charge in [0, 0.05) is 24.6 Å². The van der Waals surface area contributed by atoms with Crippen molar-refractivity contribution in [3.05, 3.63) is 77.0 Å². The van der Waals surface area contributed by atoms with Crippen LogP contribution >= 0.6 is 11.3 Å². The van der Waals surface area contributed by atoms with E-state index >= 15 is 0 Å². The Morgan fingerprint density at radius 3 is 2.69 bits per heavy atom. The van der Waals surface area contributed by atoms with Crippen molar-refractivity contribution in [2.24, 2.45) is 0 Å². The van der Waals surface area contributed by atoms with Crippen molar-refractivity contribution in [1.29, 1.82) is 0 Å². The average Bonchev–Trinajstić information content (AvgIpc) is 3.55. The number of hydrogen-bond donors (Lipinski definition) is 0. The maximum Gasteiger partial charge on any atom is 0.274 e. The molecule has 2 aromatic heterocycles. The van der Waals surface area contributed by atoms with Crippen LogP contribution in [0.2, 0.25) is 0 Å². The summed E-state index contributed by atoms with van der Waals surface area (Å²) in [6, 6.07) is 15.8. The molecule has 2 aromatic carbocycles. The highest BCUT2D eigenvalue weighted by atomic mass is 32.1. The Morgan fingerprint density at radius 1 is 1.12 bits per heavy atom. The van der Waals surface area contributed by atoms with E-state index in [0.29, 0.717) is 30.4 Å². The average molecular weight is 449 g/mol. The van der Waals surface area contributed by atoms with Crippen molar-refractivity contribution in [3.8, 4) is 21.9 Å². The summed E-state index contributed by atoms with van der Waals surface area (Å²) < 4.78 is 19.2. The number of benzene rings is 2. The number of rotatable bonds is 5. The molecule has 0 N–H and O–H groups in total. The molecule has 3 heterocycles. The third-order valence-corrected chi connectivity index (χ3v) is 6.60. The molecule has 8 heteroatoms. The van der Waals surface area contributed by atoms with Crippen LogP contribution < -0.4 is 0 Å². The minimum Gasteiger partial charge on any atom is -0.421 e. The summed E-state index contributed by atoms with van der Waals surface area (Å²) in [6.45, 7) is 2.53. The largest absolute Gasteiger partial charge is 0.421 e. The van der Waals surface area contributed by atoms with E-state index in [1.807, 2.05) is 42.2 Å². The van der Waals surface area contributed by atoms with Crippen LogP contribution in [0.15, 0.2) is 59.0 Å². The molecule has 1 unspecified atom stereocenters. The number of hydrogen-bond acceptors (Lipinski definition) is 6. The summed E-state index contributed by atoms with van der Waals surface area (Å²) in [4.78, 5) is 20.6. The van der Waals surface area contributed by atoms with Gasteiger partial charge in [-0.25, -0.2) is 9.37 Å². The quantitative estimate of drug-likeness (QED) is 0.422. The molecule has 32 heavy (non-hydrogen) atoms. The fraction of sp³-hybridized carbons (Fsp3) is 0.250. The van der Waals surface area contributed by atoms with Crippen molar-refractivity contribution in [2.45, 2.75) is 32.2 Å². The zero-order valence-corrected chi connectivity index (χ0v) is 18.3. The lowest BCUT2D eigenvalue weighted by Gasteiger charge is -2.23. The Kier molecular flexibility index (Phi) is 5.53. The SMILES string of the molecule is Cc1nc(C(=O)N2CCCC2Cc2nnc(-c3ccccc3)o2)c(-c2ccc(F)cc2)s1. The van der Waals surface area contributed by atoms with Gasteiger partial charge in [-0.1, -0.05) is 30.3 Å². The molecule has 0 spiro atoms. The highest BCUT2D eigenvalue weighted by Crippen LogP contribution is 2.33. The van der Waals surface area contributed by atoms with Gasteiger partial charge in [-0.15, -0.1) is 21.5 Å². The smallest absolute Gasteiger partial charge is 0.274 e. The van der Waals surface area contributed by atoms with Crippen LogP contribution in [0, 0.1) is 12.7 Å². The second kappa shape index (κ2) is 8.63. The Labute approximate surface area is 188 Å². The van der Waals surface area contributed by atoms with E-state index in [4.69, 9.17) is 4.42 Å². The van der Waals surface area contributed by atoms with Gasteiger partial charge >= 0.3 is 0 Å². The molecule has 0 radical (unpaired) electrons. The van der Waals surface area contributed by atoms with Crippen LogP contribution in [0.25, 0.3) is 21.9 Å². The molecule has 6 nitrogen and oxygen atoms in total. The zero-order chi connectivity index (χ0) is 22.1. The number of halogens is 1. The van der Waals surface area contributed by atoms with E-state index in [0.717, 1.165) is 33.9 Å². The van der Waals surface area contributed by atoms with Gasteiger partial charge in [0.25, 0.3) is 5.91 Å². The number of nitrogens with zero attached hydrogens (tertiary/aromatic N) is 4. The maximum absolute atomic E-state index is 13.5. The van der Waals surface area contributed by atoms with E-state index in [1.165, 1.54) is 23.5 Å². The number of carbonyl (C=O) groups is 1. The molecule has 1 fully saturated rings. The van der Waals surface area contributed by atoms with Crippen molar-refractivity contribution in [2.75, 3.05) is 6.54 Å². The van der Waals surface area contributed by atoms with Gasteiger partial charge in [-0.2, -0.15) is 0 Å². The molecular formula is C24H21FN4O2S. The number of aromatic nitrogens is 3. The van der Waals surface area contributed by atoms with Gasteiger partial charge < -0.3 is 9.32 Å². The minimum atomic E-state index is -0.308. The summed E-state index contributed by atoms with van der Waals surface area (Å²) in [7, 11) is 0. The maximum atomic E-state index is 13.5. The molecule has 1 atom stereocenters. The first-order valence-electron chi connectivity index (χ1n) is 10.5. The number of thiazole rings is 1. The lowest BCUT2D eigenvalue weighted by Crippen LogP contribution is -2.37. The summed E-state index contributed by atoms with van der Waals surface area (Å²) in [5, 5.41) is 9.15. The molecule has 4 aromatic rings. The number of likely N-dealkylation sites (tertiary alicyclic amines) is 1. The highest BCUT2D eigenvalue weighted by molar-refractivity contribution is 7.15. The Morgan fingerprint density at radius 2 is 1.91 bits per heavy atom. The lowest BCUT2D eigenvalue weighted by molar-refractivity contribution is 0.0728. The van der Waals surface area contributed by atoms with Crippen molar-refractivity contribution in [3.63, 3.8) is 0 Å². The van der Waals surface area contributed by atoms with E-state index in [9.17, 15) is 9.18 Å². The van der Waals surface area contributed by atoms with Gasteiger partial charge in [-0.05, 0) is 49.6 Å². The van der Waals surface area contributed by atoms with Crippen LogP contribution in [0.4, 0.5) is 4.39 Å². The van der Waals surface area contributed by atoms with Crippen molar-refractivity contribution < 1.29 is 13.6 Å². The molecule has 0 aliphatic carbocycles. The van der Waals surface area contributed by atoms with Gasteiger partial charge in [0.05, 0.1) is 9.88 Å². The second-order valence-corrected chi connectivity index (χ2v) is 8.99. The van der Waals surface area contributed by atoms with Gasteiger partial charge in [0.2, 0.25) is 11.8 Å². The first kappa shape index (κ1) is 20.5. The summed E-state index contributed by atoms with van der Waals surface area (Å²) in [5.74, 6) is 0.572. The summed E-state index contributed by atoms with van der Waals surface area (Å²) in [6.07, 6.45) is 2.27. The topological polar surface area (TPSA) is 72.1 Å². The highest BCUT2D eigenvalue weighted by Gasteiger charge is 2.33. The zero-order valence-electron chi connectivity index (χ0n) is 17.5. The van der Waals surface area contributed by atoms with E-state index in [1.54, 1.807) is 12.1 Å². The lowest BCUT2D eigenvalue weighted by atomic mass is 10.1. The van der Waals surface area contributed by atoms with Crippen LogP contribution in [0.3, 0.4) is 0 Å². The Bertz CT molecular complexity index is 1240. The number of aryl methyl sites for hydroxylation is 1. The minimum absolute atomic E-state index is 0.0327. The van der Waals surface area contributed by atoms with Crippen LogP contribution in [-0.4, -0.2) is 38.6 Å². The van der Waals surface area contributed by atoms with Crippen molar-refractivity contribution >= 4 is 17.2 Å². The molecule has 1 amide bonds. The first-order chi connectivity index (χ1) is 15.6. The molecule has 1 aliphatic rings. The molecule has 1 aliphatic heterocycles. The predicted octanol–water partition coefficient (Wildman–Crippen LogP) is 5.15. The second-order valence-electron chi connectivity index (χ2n) is 7.78. The van der Waals surface area contributed by atoms with E-state index in [2.05, 4.69) is 15.2 Å². The fourth-order valence-electron chi connectivity index (χ4n) is 4.06. The third kappa shape index (κ3) is 4.05. The molecule has 162 valence electrons. The Hall–Kier alpha value is -3.39. The van der Waals surface area contributed by atoms with Gasteiger partial charge in [0.1, 0.15) is 11.5 Å². The standard InChI is InChI=1S/C24H21FN4O2S/c1-15-26-21(22(32-15)16-9-11-18(25)12-10-16)24(30)29-13-5-8-19(29)14-20-27-28-23(31-20)17-6-3-2-4-7-17/h2-4,6-7,9-12,19H,5,8,13-14H2,1H3. The normalized spacial score (nSPS) is 15.9. The van der Waals surface area contributed by atoms with Crippen LogP contribution in [-0.2, 0) is 6.42 Å². The summed E-state index contributed by atoms with van der Waals surface area (Å²) >= 11 is 1.44. The van der Waals surface area contributed by atoms with Crippen LogP contribution in [0.5, 0.6) is 0 Å². The Balaban J connectivity index is 1.37. The monoisotopic (exact) mass is 448 g/mol. The number of carbonyl (C=O) groups excluding carboxylic acids is 1. The first-order valence-corrected chi connectivity index (χ1v) is 11.3. The molecule has 1 saturated heterocycles. The van der Waals surface area contributed by atoms with E-state index in [-0.39, 0.29) is 17.8 Å². The molecule has 5 rings (SSSR count).